The van der Waals surface area contributed by atoms with Crippen LogP contribution in [0.4, 0.5) is 0 Å². The van der Waals surface area contributed by atoms with Gasteiger partial charge < -0.3 is 5.11 Å². The Balaban J connectivity index is 2.58. The molecule has 3 heteroatoms. The van der Waals surface area contributed by atoms with Crippen molar-refractivity contribution in [3.8, 4) is 0 Å². The molecular weight excluding hydrogens is 168 g/mol. The van der Waals surface area contributed by atoms with Crippen LogP contribution in [0.1, 0.15) is 11.8 Å². The van der Waals surface area contributed by atoms with Gasteiger partial charge in [-0.15, -0.1) is 11.3 Å². The minimum absolute atomic E-state index is 0.269. The lowest BCUT2D eigenvalue weighted by Crippen LogP contribution is -2.01. The van der Waals surface area contributed by atoms with Gasteiger partial charge in [-0.3, -0.25) is 0 Å². The van der Waals surface area contributed by atoms with E-state index in [0.29, 0.717) is 6.42 Å². The molecule has 0 amide bonds. The maximum Gasteiger partial charge on any atom is 0.0560 e. The zero-order valence-corrected chi connectivity index (χ0v) is 7.25. The SMILES string of the molecule is CC(O)Cc1cc(Cl)cs1. The molecule has 0 spiro atoms. The number of aliphatic hydroxyl groups excluding tert-OH is 1. The number of aliphatic hydroxyl groups is 1. The van der Waals surface area contributed by atoms with Crippen molar-refractivity contribution < 1.29 is 5.11 Å². The van der Waals surface area contributed by atoms with Gasteiger partial charge in [-0.1, -0.05) is 11.6 Å². The predicted octanol–water partition coefficient (Wildman–Crippen LogP) is 2.32. The van der Waals surface area contributed by atoms with Crippen LogP contribution < -0.4 is 0 Å². The van der Waals surface area contributed by atoms with Gasteiger partial charge in [0.2, 0.25) is 0 Å². The van der Waals surface area contributed by atoms with Crippen molar-refractivity contribution in [2.45, 2.75) is 19.4 Å². The van der Waals surface area contributed by atoms with Gasteiger partial charge in [0.1, 0.15) is 0 Å². The summed E-state index contributed by atoms with van der Waals surface area (Å²) < 4.78 is 0. The van der Waals surface area contributed by atoms with Crippen LogP contribution in [0, 0.1) is 0 Å². The monoisotopic (exact) mass is 176 g/mol. The van der Waals surface area contributed by atoms with E-state index in [9.17, 15) is 0 Å². The summed E-state index contributed by atoms with van der Waals surface area (Å²) in [5.41, 5.74) is 0. The fourth-order valence-corrected chi connectivity index (χ4v) is 1.95. The van der Waals surface area contributed by atoms with Gasteiger partial charge in [-0.25, -0.2) is 0 Å². The van der Waals surface area contributed by atoms with Crippen molar-refractivity contribution in [2.24, 2.45) is 0 Å². The molecule has 0 saturated carbocycles. The van der Waals surface area contributed by atoms with Crippen molar-refractivity contribution in [2.75, 3.05) is 0 Å². The molecule has 0 aromatic carbocycles. The van der Waals surface area contributed by atoms with Gasteiger partial charge in [-0.2, -0.15) is 0 Å². The first-order chi connectivity index (χ1) is 4.68. The van der Waals surface area contributed by atoms with Gasteiger partial charge in [0, 0.05) is 16.7 Å². The maximum absolute atomic E-state index is 8.98. The first-order valence-electron chi connectivity index (χ1n) is 3.09. The van der Waals surface area contributed by atoms with Gasteiger partial charge in [0.05, 0.1) is 11.1 Å². The Bertz CT molecular complexity index is 207. The number of hydrogen-bond donors (Lipinski definition) is 1. The third kappa shape index (κ3) is 2.29. The van der Waals surface area contributed by atoms with Crippen LogP contribution in [0.2, 0.25) is 5.02 Å². The molecule has 56 valence electrons. The highest BCUT2D eigenvalue weighted by Crippen LogP contribution is 2.20. The third-order valence-electron chi connectivity index (χ3n) is 1.12. The lowest BCUT2D eigenvalue weighted by Gasteiger charge is -1.98. The van der Waals surface area contributed by atoms with Gasteiger partial charge in [0.25, 0.3) is 0 Å². The third-order valence-corrected chi connectivity index (χ3v) is 2.43. The lowest BCUT2D eigenvalue weighted by molar-refractivity contribution is 0.196. The first kappa shape index (κ1) is 8.05. The maximum atomic E-state index is 8.98. The minimum Gasteiger partial charge on any atom is -0.393 e. The highest BCUT2D eigenvalue weighted by Gasteiger charge is 2.00. The molecule has 1 aromatic rings. The lowest BCUT2D eigenvalue weighted by atomic mass is 10.2. The quantitative estimate of drug-likeness (QED) is 0.734. The van der Waals surface area contributed by atoms with E-state index in [0.717, 1.165) is 9.90 Å². The Hall–Kier alpha value is -0.0500. The molecule has 0 aliphatic heterocycles. The molecule has 0 fully saturated rings. The fourth-order valence-electron chi connectivity index (χ4n) is 0.752. The number of hydrogen-bond acceptors (Lipinski definition) is 2. The standard InChI is InChI=1S/C7H9ClOS/c1-5(9)2-7-3-6(8)4-10-7/h3-5,9H,2H2,1H3. The van der Waals surface area contributed by atoms with Crippen LogP contribution in [0.25, 0.3) is 0 Å². The van der Waals surface area contributed by atoms with E-state index in [4.69, 9.17) is 16.7 Å². The highest BCUT2D eigenvalue weighted by molar-refractivity contribution is 7.10. The second-order valence-electron chi connectivity index (χ2n) is 2.28. The molecule has 1 heterocycles. The summed E-state index contributed by atoms with van der Waals surface area (Å²) >= 11 is 7.26. The first-order valence-corrected chi connectivity index (χ1v) is 4.35. The molecule has 0 bridgehead atoms. The Morgan fingerprint density at radius 1 is 1.80 bits per heavy atom. The van der Waals surface area contributed by atoms with E-state index in [2.05, 4.69) is 0 Å². The Kier molecular flexibility index (Phi) is 2.72. The molecule has 0 aliphatic carbocycles. The Morgan fingerprint density at radius 2 is 2.50 bits per heavy atom. The molecule has 1 atom stereocenters. The zero-order valence-electron chi connectivity index (χ0n) is 5.67. The number of thiophene rings is 1. The summed E-state index contributed by atoms with van der Waals surface area (Å²) in [5, 5.41) is 11.6. The molecule has 0 saturated heterocycles. The molecular formula is C7H9ClOS. The van der Waals surface area contributed by atoms with Crippen LogP contribution >= 0.6 is 22.9 Å². The number of rotatable bonds is 2. The second-order valence-corrected chi connectivity index (χ2v) is 3.72. The highest BCUT2D eigenvalue weighted by atomic mass is 35.5. The molecule has 0 radical (unpaired) electrons. The molecule has 1 unspecified atom stereocenters. The largest absolute Gasteiger partial charge is 0.393 e. The molecule has 1 N–H and O–H groups in total. The summed E-state index contributed by atoms with van der Waals surface area (Å²) in [6.07, 6.45) is 0.437. The normalized spacial score (nSPS) is 13.5. The molecule has 1 rings (SSSR count). The average molecular weight is 177 g/mol. The average Bonchev–Trinajstić information content (AvgIpc) is 2.13. The summed E-state index contributed by atoms with van der Waals surface area (Å²) in [4.78, 5) is 1.14. The van der Waals surface area contributed by atoms with Gasteiger partial charge >= 0.3 is 0 Å². The van der Waals surface area contributed by atoms with Crippen LogP contribution in [0.5, 0.6) is 0 Å². The smallest absolute Gasteiger partial charge is 0.0560 e. The Labute approximate surface area is 69.3 Å². The second kappa shape index (κ2) is 3.37. The van der Waals surface area contributed by atoms with E-state index in [1.807, 2.05) is 11.4 Å². The van der Waals surface area contributed by atoms with E-state index in [1.54, 1.807) is 18.3 Å². The summed E-state index contributed by atoms with van der Waals surface area (Å²) in [7, 11) is 0. The topological polar surface area (TPSA) is 20.2 Å². The van der Waals surface area contributed by atoms with Crippen LogP contribution in [0.3, 0.4) is 0 Å². The van der Waals surface area contributed by atoms with Crippen molar-refractivity contribution in [1.82, 2.24) is 0 Å². The molecule has 1 aromatic heterocycles. The molecule has 1 nitrogen and oxygen atoms in total. The predicted molar refractivity (Wildman–Crippen MR) is 44.7 cm³/mol. The minimum atomic E-state index is -0.269. The van der Waals surface area contributed by atoms with Gasteiger partial charge in [0.15, 0.2) is 0 Å². The van der Waals surface area contributed by atoms with Crippen LogP contribution in [0.15, 0.2) is 11.4 Å². The van der Waals surface area contributed by atoms with Crippen molar-refractivity contribution >= 4 is 22.9 Å². The van der Waals surface area contributed by atoms with Crippen molar-refractivity contribution in [1.29, 1.82) is 0 Å². The van der Waals surface area contributed by atoms with E-state index < -0.39 is 0 Å². The molecule has 10 heavy (non-hydrogen) atoms. The van der Waals surface area contributed by atoms with Gasteiger partial charge in [-0.05, 0) is 13.0 Å². The zero-order chi connectivity index (χ0) is 7.56. The van der Waals surface area contributed by atoms with Crippen LogP contribution in [-0.4, -0.2) is 11.2 Å². The summed E-state index contributed by atoms with van der Waals surface area (Å²) in [6, 6.07) is 1.89. The number of halogens is 1. The molecule has 0 aliphatic rings. The summed E-state index contributed by atoms with van der Waals surface area (Å²) in [5.74, 6) is 0. The fraction of sp³-hybridized carbons (Fsp3) is 0.429. The van der Waals surface area contributed by atoms with Crippen molar-refractivity contribution in [3.63, 3.8) is 0 Å². The van der Waals surface area contributed by atoms with E-state index in [1.165, 1.54) is 0 Å². The van der Waals surface area contributed by atoms with Crippen LogP contribution in [-0.2, 0) is 6.42 Å². The Morgan fingerprint density at radius 3 is 2.90 bits per heavy atom. The van der Waals surface area contributed by atoms with E-state index >= 15 is 0 Å². The van der Waals surface area contributed by atoms with E-state index in [-0.39, 0.29) is 6.10 Å². The van der Waals surface area contributed by atoms with Crippen molar-refractivity contribution in [3.05, 3.63) is 21.3 Å². The summed E-state index contributed by atoms with van der Waals surface area (Å²) in [6.45, 7) is 1.77.